The number of benzene rings is 3. The number of para-hydroxylation sites is 2. The molecule has 4 heteroatoms. The highest BCUT2D eigenvalue weighted by atomic mass is 16.2. The van der Waals surface area contributed by atoms with Gasteiger partial charge in [0, 0.05) is 16.8 Å². The van der Waals surface area contributed by atoms with E-state index in [0.29, 0.717) is 16.8 Å². The van der Waals surface area contributed by atoms with Gasteiger partial charge in [-0.3, -0.25) is 19.4 Å². The monoisotopic (exact) mass is 340 g/mol. The maximum Gasteiger partial charge on any atom is 0.262 e. The van der Waals surface area contributed by atoms with Crippen LogP contribution >= 0.6 is 0 Å². The second-order valence-electron chi connectivity index (χ2n) is 6.61. The second kappa shape index (κ2) is 5.30. The van der Waals surface area contributed by atoms with Crippen molar-refractivity contribution in [2.45, 2.75) is 13.1 Å². The molecular formula is C22H16N2O2. The van der Waals surface area contributed by atoms with Crippen LogP contribution in [0.3, 0.4) is 0 Å². The highest BCUT2D eigenvalue weighted by Gasteiger charge is 2.48. The van der Waals surface area contributed by atoms with Crippen molar-refractivity contribution < 1.29 is 9.59 Å². The molecule has 0 fully saturated rings. The molecule has 2 heterocycles. The Balaban J connectivity index is 1.82. The average molecular weight is 340 g/mol. The molecule has 126 valence electrons. The van der Waals surface area contributed by atoms with Crippen LogP contribution in [0.25, 0.3) is 0 Å². The van der Waals surface area contributed by atoms with Crippen LogP contribution in [0.2, 0.25) is 0 Å². The van der Waals surface area contributed by atoms with E-state index in [-0.39, 0.29) is 11.8 Å². The number of amides is 2. The molecule has 2 aliphatic rings. The Labute approximate surface area is 151 Å². The zero-order chi connectivity index (χ0) is 17.8. The van der Waals surface area contributed by atoms with Crippen LogP contribution in [0, 0.1) is 6.92 Å². The van der Waals surface area contributed by atoms with Gasteiger partial charge in [0.05, 0.1) is 11.3 Å². The minimum Gasteiger partial charge on any atom is -0.282 e. The van der Waals surface area contributed by atoms with Gasteiger partial charge in [0.15, 0.2) is 0 Å². The van der Waals surface area contributed by atoms with Gasteiger partial charge in [0.1, 0.15) is 6.17 Å². The van der Waals surface area contributed by atoms with E-state index in [4.69, 9.17) is 0 Å². The topological polar surface area (TPSA) is 40.6 Å². The molecular weight excluding hydrogens is 324 g/mol. The molecule has 2 aliphatic heterocycles. The standard InChI is InChI=1S/C22H16N2O2/c1-14-8-2-6-12-18(14)23-20-15-9-3-4-10-16(15)21(25)24(20)19-13-7-5-11-17(19)22(23)26/h2-13,20H,1H3/t20-/m0/s1. The van der Waals surface area contributed by atoms with E-state index in [1.807, 2.05) is 73.7 Å². The summed E-state index contributed by atoms with van der Waals surface area (Å²) < 4.78 is 0. The lowest BCUT2D eigenvalue weighted by Gasteiger charge is -2.41. The number of fused-ring (bicyclic) bond motifs is 5. The van der Waals surface area contributed by atoms with E-state index in [9.17, 15) is 9.59 Å². The Morgan fingerprint density at radius 3 is 1.96 bits per heavy atom. The third-order valence-corrected chi connectivity index (χ3v) is 5.17. The van der Waals surface area contributed by atoms with Crippen molar-refractivity contribution in [1.29, 1.82) is 0 Å². The molecule has 0 spiro atoms. The minimum absolute atomic E-state index is 0.0656. The van der Waals surface area contributed by atoms with Crippen LogP contribution in [0.4, 0.5) is 11.4 Å². The van der Waals surface area contributed by atoms with Crippen molar-refractivity contribution in [2.75, 3.05) is 9.80 Å². The SMILES string of the molecule is Cc1ccccc1N1C(=O)c2ccccc2N2C(=O)c3ccccc3[C@@H]12. The van der Waals surface area contributed by atoms with Crippen molar-refractivity contribution in [3.63, 3.8) is 0 Å². The largest absolute Gasteiger partial charge is 0.282 e. The predicted molar refractivity (Wildman–Crippen MR) is 100 cm³/mol. The Hall–Kier alpha value is -3.40. The Bertz CT molecular complexity index is 1070. The summed E-state index contributed by atoms with van der Waals surface area (Å²) in [6, 6.07) is 22.7. The van der Waals surface area contributed by atoms with E-state index < -0.39 is 6.17 Å². The van der Waals surface area contributed by atoms with Crippen molar-refractivity contribution in [2.24, 2.45) is 0 Å². The van der Waals surface area contributed by atoms with E-state index in [1.54, 1.807) is 15.9 Å². The van der Waals surface area contributed by atoms with Crippen LogP contribution in [-0.4, -0.2) is 11.8 Å². The number of hydrogen-bond donors (Lipinski definition) is 0. The zero-order valence-corrected chi connectivity index (χ0v) is 14.2. The first-order valence-corrected chi connectivity index (χ1v) is 8.59. The molecule has 0 N–H and O–H groups in total. The normalized spacial score (nSPS) is 17.8. The van der Waals surface area contributed by atoms with Gasteiger partial charge < -0.3 is 0 Å². The zero-order valence-electron chi connectivity index (χ0n) is 14.2. The number of carbonyl (C=O) groups excluding carboxylic acids is 2. The summed E-state index contributed by atoms with van der Waals surface area (Å²) >= 11 is 0. The van der Waals surface area contributed by atoms with E-state index >= 15 is 0 Å². The number of rotatable bonds is 1. The minimum atomic E-state index is -0.456. The molecule has 0 bridgehead atoms. The summed E-state index contributed by atoms with van der Waals surface area (Å²) in [5.41, 5.74) is 4.56. The van der Waals surface area contributed by atoms with Gasteiger partial charge in [-0.15, -0.1) is 0 Å². The number of anilines is 2. The molecule has 3 aromatic carbocycles. The summed E-state index contributed by atoms with van der Waals surface area (Å²) in [5.74, 6) is -0.148. The first kappa shape index (κ1) is 14.9. The average Bonchev–Trinajstić information content (AvgIpc) is 2.97. The predicted octanol–water partition coefficient (Wildman–Crippen LogP) is 4.31. The van der Waals surface area contributed by atoms with Gasteiger partial charge in [0.2, 0.25) is 0 Å². The first-order valence-electron chi connectivity index (χ1n) is 8.59. The van der Waals surface area contributed by atoms with Crippen molar-refractivity contribution >= 4 is 23.2 Å². The van der Waals surface area contributed by atoms with Crippen LogP contribution in [0.5, 0.6) is 0 Å². The molecule has 3 aromatic rings. The fourth-order valence-electron chi connectivity index (χ4n) is 3.97. The van der Waals surface area contributed by atoms with Crippen molar-refractivity contribution in [3.05, 3.63) is 95.1 Å². The summed E-state index contributed by atoms with van der Waals surface area (Å²) in [6.45, 7) is 1.98. The highest BCUT2D eigenvalue weighted by Crippen LogP contribution is 2.47. The maximum absolute atomic E-state index is 13.4. The van der Waals surface area contributed by atoms with Gasteiger partial charge in [-0.1, -0.05) is 48.5 Å². The van der Waals surface area contributed by atoms with Gasteiger partial charge in [0.25, 0.3) is 11.8 Å². The molecule has 5 rings (SSSR count). The number of nitrogens with zero attached hydrogens (tertiary/aromatic N) is 2. The third-order valence-electron chi connectivity index (χ3n) is 5.17. The maximum atomic E-state index is 13.4. The molecule has 2 amide bonds. The summed E-state index contributed by atoms with van der Waals surface area (Å²) in [4.78, 5) is 30.1. The fraction of sp³-hybridized carbons (Fsp3) is 0.0909. The quantitative estimate of drug-likeness (QED) is 0.662. The first-order chi connectivity index (χ1) is 12.7. The molecule has 26 heavy (non-hydrogen) atoms. The summed E-state index contributed by atoms with van der Waals surface area (Å²) in [7, 11) is 0. The lowest BCUT2D eigenvalue weighted by atomic mass is 10.0. The van der Waals surface area contributed by atoms with Gasteiger partial charge >= 0.3 is 0 Å². The number of carbonyl (C=O) groups is 2. The molecule has 0 aliphatic carbocycles. The van der Waals surface area contributed by atoms with Crippen LogP contribution < -0.4 is 9.80 Å². The van der Waals surface area contributed by atoms with Crippen LogP contribution in [0.15, 0.2) is 72.8 Å². The number of aryl methyl sites for hydroxylation is 1. The van der Waals surface area contributed by atoms with Crippen molar-refractivity contribution in [3.8, 4) is 0 Å². The molecule has 0 aromatic heterocycles. The van der Waals surface area contributed by atoms with Gasteiger partial charge in [-0.05, 0) is 36.8 Å². The highest BCUT2D eigenvalue weighted by molar-refractivity contribution is 6.21. The molecule has 4 nitrogen and oxygen atoms in total. The van der Waals surface area contributed by atoms with Crippen LogP contribution in [0.1, 0.15) is 38.0 Å². The second-order valence-corrected chi connectivity index (χ2v) is 6.61. The molecule has 0 saturated heterocycles. The van der Waals surface area contributed by atoms with E-state index in [0.717, 1.165) is 16.8 Å². The van der Waals surface area contributed by atoms with Gasteiger partial charge in [-0.2, -0.15) is 0 Å². The third kappa shape index (κ3) is 1.84. The Morgan fingerprint density at radius 2 is 1.19 bits per heavy atom. The number of hydrogen-bond acceptors (Lipinski definition) is 2. The summed E-state index contributed by atoms with van der Waals surface area (Å²) in [6.07, 6.45) is -0.456. The smallest absolute Gasteiger partial charge is 0.262 e. The molecule has 1 atom stereocenters. The van der Waals surface area contributed by atoms with Gasteiger partial charge in [-0.25, -0.2) is 0 Å². The summed E-state index contributed by atoms with van der Waals surface area (Å²) in [5, 5.41) is 0. The Morgan fingerprint density at radius 1 is 0.654 bits per heavy atom. The molecule has 0 radical (unpaired) electrons. The molecule has 0 saturated carbocycles. The van der Waals surface area contributed by atoms with Crippen LogP contribution in [-0.2, 0) is 0 Å². The lowest BCUT2D eigenvalue weighted by molar-refractivity contribution is 0.0949. The van der Waals surface area contributed by atoms with E-state index in [1.165, 1.54) is 0 Å². The lowest BCUT2D eigenvalue weighted by Crippen LogP contribution is -2.48. The Kier molecular flexibility index (Phi) is 3.04. The van der Waals surface area contributed by atoms with Crippen molar-refractivity contribution in [1.82, 2.24) is 0 Å². The van der Waals surface area contributed by atoms with E-state index in [2.05, 4.69) is 0 Å². The molecule has 0 unspecified atom stereocenters. The fourth-order valence-corrected chi connectivity index (χ4v) is 3.97.